The highest BCUT2D eigenvalue weighted by Gasteiger charge is 2.24. The van der Waals surface area contributed by atoms with Crippen molar-refractivity contribution in [1.29, 1.82) is 0 Å². The zero-order valence-electron chi connectivity index (χ0n) is 27.5. The number of ether oxygens (including phenoxy) is 3. The molecule has 45 heavy (non-hydrogen) atoms. The molecule has 0 aromatic heterocycles. The van der Waals surface area contributed by atoms with E-state index in [4.69, 9.17) is 19.3 Å². The fourth-order valence-electron chi connectivity index (χ4n) is 4.14. The van der Waals surface area contributed by atoms with Gasteiger partial charge >= 0.3 is 12.1 Å². The summed E-state index contributed by atoms with van der Waals surface area (Å²) in [6, 6.07) is 2.67. The maximum atomic E-state index is 13.2. The Kier molecular flexibility index (Phi) is 18.7. The molecular formula is C32H52N4O9. The normalized spacial score (nSPS) is 10.9. The van der Waals surface area contributed by atoms with Crippen molar-refractivity contribution in [3.63, 3.8) is 0 Å². The maximum absolute atomic E-state index is 13.2. The van der Waals surface area contributed by atoms with Crippen molar-refractivity contribution >= 4 is 29.8 Å². The summed E-state index contributed by atoms with van der Waals surface area (Å²) in [5.41, 5.74) is 7.68. The molecule has 0 aliphatic heterocycles. The quantitative estimate of drug-likeness (QED) is 0.0694. The van der Waals surface area contributed by atoms with E-state index in [2.05, 4.69) is 30.1 Å². The monoisotopic (exact) mass is 636 g/mol. The average molecular weight is 637 g/mol. The summed E-state index contributed by atoms with van der Waals surface area (Å²) in [6.07, 6.45) is 10.6. The van der Waals surface area contributed by atoms with Gasteiger partial charge in [-0.2, -0.15) is 0 Å². The van der Waals surface area contributed by atoms with Crippen molar-refractivity contribution in [2.75, 3.05) is 13.2 Å². The van der Waals surface area contributed by atoms with Crippen LogP contribution in [0, 0.1) is 0 Å². The van der Waals surface area contributed by atoms with Crippen molar-refractivity contribution in [1.82, 2.24) is 21.7 Å². The van der Waals surface area contributed by atoms with Gasteiger partial charge in [-0.25, -0.2) is 10.2 Å². The molecule has 0 radical (unpaired) electrons. The van der Waals surface area contributed by atoms with Gasteiger partial charge in [0.15, 0.2) is 0 Å². The van der Waals surface area contributed by atoms with Gasteiger partial charge in [-0.05, 0) is 39.7 Å². The highest BCUT2D eigenvalue weighted by Crippen LogP contribution is 2.30. The summed E-state index contributed by atoms with van der Waals surface area (Å²) >= 11 is 0. The minimum atomic E-state index is -1.37. The Bertz CT molecular complexity index is 1100. The zero-order chi connectivity index (χ0) is 33.7. The van der Waals surface area contributed by atoms with Crippen molar-refractivity contribution in [2.45, 2.75) is 124 Å². The highest BCUT2D eigenvalue weighted by atomic mass is 16.6. The van der Waals surface area contributed by atoms with Gasteiger partial charge in [0.25, 0.3) is 11.8 Å². The second-order valence-electron chi connectivity index (χ2n) is 11.7. The molecule has 0 saturated carbocycles. The fourth-order valence-corrected chi connectivity index (χ4v) is 4.14. The first-order valence-electron chi connectivity index (χ1n) is 15.9. The van der Waals surface area contributed by atoms with Crippen LogP contribution in [0.1, 0.15) is 139 Å². The molecule has 4 amide bonds. The number of hydrazine groups is 2. The van der Waals surface area contributed by atoms with Crippen LogP contribution in [0.2, 0.25) is 0 Å². The molecule has 1 rings (SSSR count). The number of carbonyl (C=O) groups is 5. The van der Waals surface area contributed by atoms with Gasteiger partial charge < -0.3 is 19.3 Å². The number of unbranched alkanes of at least 4 members (excludes halogenated alkanes) is 10. The van der Waals surface area contributed by atoms with Crippen molar-refractivity contribution in [3.8, 4) is 11.5 Å². The fraction of sp³-hybridized carbons (Fsp3) is 0.656. The molecule has 13 nitrogen and oxygen atoms in total. The number of nitrogens with one attached hydrogen (secondary N) is 4. The highest BCUT2D eigenvalue weighted by molar-refractivity contribution is 6.04. The van der Waals surface area contributed by atoms with Crippen LogP contribution < -0.4 is 31.2 Å². The molecule has 0 fully saturated rings. The lowest BCUT2D eigenvalue weighted by Crippen LogP contribution is -2.44. The Morgan fingerprint density at radius 3 is 1.53 bits per heavy atom. The van der Waals surface area contributed by atoms with Crippen molar-refractivity contribution in [3.05, 3.63) is 23.3 Å². The third-order valence-electron chi connectivity index (χ3n) is 6.39. The number of rotatable bonds is 20. The molecular weight excluding hydrogens is 584 g/mol. The van der Waals surface area contributed by atoms with Gasteiger partial charge in [-0.15, -0.1) is 0 Å². The van der Waals surface area contributed by atoms with Gasteiger partial charge in [0.2, 0.25) is 5.91 Å². The number of aliphatic carboxylic acids is 1. The first-order chi connectivity index (χ1) is 21.4. The predicted octanol–water partition coefficient (Wildman–Crippen LogP) is 5.57. The van der Waals surface area contributed by atoms with Crippen LogP contribution in [-0.2, 0) is 14.3 Å². The Morgan fingerprint density at radius 2 is 1.09 bits per heavy atom. The summed E-state index contributed by atoms with van der Waals surface area (Å²) in [5, 5.41) is 8.83. The summed E-state index contributed by atoms with van der Waals surface area (Å²) in [5.74, 6) is -3.69. The molecule has 0 spiro atoms. The summed E-state index contributed by atoms with van der Waals surface area (Å²) in [4.78, 5) is 61.2. The average Bonchev–Trinajstić information content (AvgIpc) is 2.96. The Balaban J connectivity index is 3.25. The molecule has 1 aromatic carbocycles. The largest absolute Gasteiger partial charge is 0.493 e. The van der Waals surface area contributed by atoms with Gasteiger partial charge in [-0.1, -0.05) is 78.1 Å². The SMILES string of the molecule is CCCCCCCCOc1cc(OCCCCCCCC)c(C(=O)NNC(=O)OC(C)(C)C)cc1C(=O)NNC(=O)CC(=O)O. The molecule has 254 valence electrons. The standard InChI is InChI=1S/C32H52N4O9/c1-6-8-10-12-14-16-18-43-25-21-26(44-19-17-15-13-11-9-7-2)24(30(41)35-36-31(42)45-32(3,4)5)20-23(25)29(40)34-33-27(37)22-28(38)39/h20-21H,6-19,22H2,1-5H3,(H,33,37)(H,34,40)(H,35,41)(H,36,42)(H,38,39). The van der Waals surface area contributed by atoms with Gasteiger partial charge in [0.05, 0.1) is 24.3 Å². The maximum Gasteiger partial charge on any atom is 0.426 e. The molecule has 0 aliphatic carbocycles. The Labute approximate surface area is 266 Å². The van der Waals surface area contributed by atoms with Crippen LogP contribution in [-0.4, -0.2) is 53.7 Å². The van der Waals surface area contributed by atoms with Gasteiger partial charge in [-0.3, -0.25) is 35.5 Å². The van der Waals surface area contributed by atoms with Gasteiger partial charge in [0.1, 0.15) is 23.5 Å². The first kappa shape index (κ1) is 39.0. The second kappa shape index (κ2) is 21.6. The molecule has 5 N–H and O–H groups in total. The molecule has 0 heterocycles. The lowest BCUT2D eigenvalue weighted by molar-refractivity contribution is -0.140. The van der Waals surface area contributed by atoms with Crippen molar-refractivity contribution in [2.24, 2.45) is 0 Å². The van der Waals surface area contributed by atoms with Crippen LogP contribution in [0.15, 0.2) is 12.1 Å². The Hall–Kier alpha value is -4.03. The van der Waals surface area contributed by atoms with Crippen LogP contribution >= 0.6 is 0 Å². The molecule has 0 aliphatic rings. The first-order valence-corrected chi connectivity index (χ1v) is 15.9. The number of carbonyl (C=O) groups excluding carboxylic acids is 4. The van der Waals surface area contributed by atoms with Crippen LogP contribution in [0.5, 0.6) is 11.5 Å². The van der Waals surface area contributed by atoms with E-state index < -0.39 is 41.8 Å². The van der Waals surface area contributed by atoms with E-state index in [9.17, 15) is 24.0 Å². The minimum absolute atomic E-state index is 0.0778. The third kappa shape index (κ3) is 17.8. The van der Waals surface area contributed by atoms with Crippen LogP contribution in [0.4, 0.5) is 4.79 Å². The number of hydrogen-bond donors (Lipinski definition) is 5. The number of carboxylic acid groups (broad SMARTS) is 1. The number of benzene rings is 1. The third-order valence-corrected chi connectivity index (χ3v) is 6.39. The van der Waals surface area contributed by atoms with E-state index in [1.807, 2.05) is 5.43 Å². The molecule has 0 unspecified atom stereocenters. The van der Waals surface area contributed by atoms with E-state index in [-0.39, 0.29) is 22.6 Å². The van der Waals surface area contributed by atoms with E-state index >= 15 is 0 Å². The Morgan fingerprint density at radius 1 is 0.644 bits per heavy atom. The molecule has 13 heteroatoms. The zero-order valence-corrected chi connectivity index (χ0v) is 27.5. The molecule has 0 bridgehead atoms. The lowest BCUT2D eigenvalue weighted by atomic mass is 10.1. The topological polar surface area (TPSA) is 181 Å². The van der Waals surface area contributed by atoms with Gasteiger partial charge in [0, 0.05) is 6.07 Å². The van der Waals surface area contributed by atoms with E-state index in [0.717, 1.165) is 77.0 Å². The summed E-state index contributed by atoms with van der Waals surface area (Å²) in [7, 11) is 0. The van der Waals surface area contributed by atoms with E-state index in [1.165, 1.54) is 12.1 Å². The molecule has 0 saturated heterocycles. The molecule has 1 aromatic rings. The number of amides is 4. The second-order valence-corrected chi connectivity index (χ2v) is 11.7. The summed E-state index contributed by atoms with van der Waals surface area (Å²) < 4.78 is 17.1. The van der Waals surface area contributed by atoms with E-state index in [1.54, 1.807) is 20.8 Å². The van der Waals surface area contributed by atoms with E-state index in [0.29, 0.717) is 13.2 Å². The molecule has 0 atom stereocenters. The smallest absolute Gasteiger partial charge is 0.426 e. The summed E-state index contributed by atoms with van der Waals surface area (Å²) in [6.45, 7) is 9.91. The van der Waals surface area contributed by atoms with Crippen LogP contribution in [0.25, 0.3) is 0 Å². The predicted molar refractivity (Wildman–Crippen MR) is 169 cm³/mol. The lowest BCUT2D eigenvalue weighted by Gasteiger charge is -2.20. The number of hydrogen-bond acceptors (Lipinski definition) is 8. The number of carboxylic acids is 1. The minimum Gasteiger partial charge on any atom is -0.493 e. The van der Waals surface area contributed by atoms with Crippen LogP contribution in [0.3, 0.4) is 0 Å². The van der Waals surface area contributed by atoms with Crippen molar-refractivity contribution < 1.29 is 43.3 Å².